The fraction of sp³-hybridized carbons (Fsp3) is 0.842. The summed E-state index contributed by atoms with van der Waals surface area (Å²) in [6.07, 6.45) is 8.79. The Hall–Kier alpha value is -0.720. The van der Waals surface area contributed by atoms with Crippen LogP contribution in [0, 0.1) is 28.6 Å². The molecule has 25 heavy (non-hydrogen) atoms. The van der Waals surface area contributed by atoms with Crippen LogP contribution in [0.5, 0.6) is 0 Å². The topological polar surface area (TPSA) is 80.7 Å². The highest BCUT2D eigenvalue weighted by Gasteiger charge is 2.58. The molecule has 6 heteroatoms. The second-order valence-electron chi connectivity index (χ2n) is 9.07. The van der Waals surface area contributed by atoms with Crippen molar-refractivity contribution < 1.29 is 21.9 Å². The Balaban J connectivity index is 1.59. The molecule has 140 valence electrons. The van der Waals surface area contributed by atoms with Crippen LogP contribution >= 0.6 is 0 Å². The molecule has 4 aliphatic carbocycles. The molecule has 0 aromatic carbocycles. The summed E-state index contributed by atoms with van der Waals surface area (Å²) in [6.45, 7) is 4.50. The molecular formula is C19H28O5S. The van der Waals surface area contributed by atoms with Crippen molar-refractivity contribution in [1.29, 1.82) is 0 Å². The smallest absolute Gasteiger partial charge is 0.299 e. The maximum Gasteiger partial charge on any atom is 0.397 e. The third-order valence-electron chi connectivity index (χ3n) is 8.03. The highest BCUT2D eigenvalue weighted by atomic mass is 32.3. The molecule has 0 saturated heterocycles. The van der Waals surface area contributed by atoms with Crippen molar-refractivity contribution in [3.8, 4) is 0 Å². The van der Waals surface area contributed by atoms with E-state index in [0.29, 0.717) is 36.4 Å². The molecule has 1 unspecified atom stereocenters. The molecule has 0 aromatic rings. The zero-order valence-corrected chi connectivity index (χ0v) is 15.8. The van der Waals surface area contributed by atoms with Gasteiger partial charge in [0, 0.05) is 11.8 Å². The van der Waals surface area contributed by atoms with E-state index in [1.165, 1.54) is 5.57 Å². The largest absolute Gasteiger partial charge is 0.397 e. The Morgan fingerprint density at radius 3 is 2.52 bits per heavy atom. The maximum absolute atomic E-state index is 12.4. The Morgan fingerprint density at radius 2 is 1.80 bits per heavy atom. The van der Waals surface area contributed by atoms with Gasteiger partial charge in [-0.2, -0.15) is 8.42 Å². The summed E-state index contributed by atoms with van der Waals surface area (Å²) in [7, 11) is -4.40. The zero-order valence-electron chi connectivity index (χ0n) is 15.0. The lowest BCUT2D eigenvalue weighted by Crippen LogP contribution is -2.50. The fourth-order valence-corrected chi connectivity index (χ4v) is 7.16. The summed E-state index contributed by atoms with van der Waals surface area (Å²) in [5, 5.41) is 0. The van der Waals surface area contributed by atoms with E-state index >= 15 is 0 Å². The van der Waals surface area contributed by atoms with Crippen molar-refractivity contribution >= 4 is 16.2 Å². The summed E-state index contributed by atoms with van der Waals surface area (Å²) in [5.41, 5.74) is 1.25. The molecule has 0 bridgehead atoms. The van der Waals surface area contributed by atoms with E-state index in [1.54, 1.807) is 0 Å². The van der Waals surface area contributed by atoms with Gasteiger partial charge in [0.1, 0.15) is 5.78 Å². The van der Waals surface area contributed by atoms with E-state index in [1.807, 2.05) is 0 Å². The van der Waals surface area contributed by atoms with Gasteiger partial charge < -0.3 is 0 Å². The SMILES string of the molecule is C[C@]12CCC(OS(=O)(=O)O)CC1=CC[C@@H]1[C@@H]2CC[C@]2(C)C(=O)CC[C@@H]12. The monoisotopic (exact) mass is 368 g/mol. The number of carbonyl (C=O) groups excluding carboxylic acids is 1. The van der Waals surface area contributed by atoms with Crippen LogP contribution in [0.4, 0.5) is 0 Å². The van der Waals surface area contributed by atoms with Crippen molar-refractivity contribution in [2.24, 2.45) is 28.6 Å². The molecule has 4 aliphatic rings. The number of allylic oxidation sites excluding steroid dienone is 1. The van der Waals surface area contributed by atoms with Crippen LogP contribution in [0.25, 0.3) is 0 Å². The highest BCUT2D eigenvalue weighted by molar-refractivity contribution is 7.80. The van der Waals surface area contributed by atoms with Crippen LogP contribution in [0.3, 0.4) is 0 Å². The van der Waals surface area contributed by atoms with E-state index in [2.05, 4.69) is 19.9 Å². The van der Waals surface area contributed by atoms with Gasteiger partial charge in [0.15, 0.2) is 0 Å². The van der Waals surface area contributed by atoms with Gasteiger partial charge in [-0.25, -0.2) is 4.18 Å². The van der Waals surface area contributed by atoms with Gasteiger partial charge in [0.25, 0.3) is 0 Å². The molecule has 1 N–H and O–H groups in total. The Labute approximate surface area is 150 Å². The third kappa shape index (κ3) is 2.72. The van der Waals surface area contributed by atoms with Gasteiger partial charge in [0.2, 0.25) is 0 Å². The Kier molecular flexibility index (Phi) is 3.99. The molecule has 4 rings (SSSR count). The Morgan fingerprint density at radius 1 is 1.12 bits per heavy atom. The lowest BCUT2D eigenvalue weighted by atomic mass is 9.48. The van der Waals surface area contributed by atoms with Gasteiger partial charge in [-0.15, -0.1) is 0 Å². The van der Waals surface area contributed by atoms with Crippen LogP contribution in [0.15, 0.2) is 11.6 Å². The van der Waals surface area contributed by atoms with Crippen molar-refractivity contribution in [2.75, 3.05) is 0 Å². The first-order valence-corrected chi connectivity index (χ1v) is 10.9. The van der Waals surface area contributed by atoms with E-state index in [9.17, 15) is 13.2 Å². The van der Waals surface area contributed by atoms with E-state index in [-0.39, 0.29) is 10.8 Å². The van der Waals surface area contributed by atoms with E-state index in [0.717, 1.165) is 38.5 Å². The molecule has 0 aliphatic heterocycles. The zero-order chi connectivity index (χ0) is 18.0. The molecule has 3 saturated carbocycles. The normalized spacial score (nSPS) is 46.8. The molecule has 0 aromatic heterocycles. The number of carbonyl (C=O) groups is 1. The third-order valence-corrected chi connectivity index (χ3v) is 8.54. The predicted molar refractivity (Wildman–Crippen MR) is 93.1 cm³/mol. The van der Waals surface area contributed by atoms with Gasteiger partial charge in [-0.05, 0) is 68.1 Å². The lowest BCUT2D eigenvalue weighted by Gasteiger charge is -2.56. The summed E-state index contributed by atoms with van der Waals surface area (Å²) in [5.74, 6) is 2.10. The first-order valence-electron chi connectivity index (χ1n) is 9.52. The van der Waals surface area contributed by atoms with Crippen molar-refractivity contribution in [3.63, 3.8) is 0 Å². The van der Waals surface area contributed by atoms with E-state index < -0.39 is 16.5 Å². The van der Waals surface area contributed by atoms with Gasteiger partial charge in [-0.3, -0.25) is 9.35 Å². The average Bonchev–Trinajstić information content (AvgIpc) is 2.82. The van der Waals surface area contributed by atoms with Crippen LogP contribution in [0.1, 0.15) is 65.2 Å². The molecule has 0 spiro atoms. The van der Waals surface area contributed by atoms with Gasteiger partial charge >= 0.3 is 10.4 Å². The van der Waals surface area contributed by atoms with Crippen LogP contribution < -0.4 is 0 Å². The molecule has 0 heterocycles. The average molecular weight is 368 g/mol. The second kappa shape index (κ2) is 5.64. The molecule has 5 nitrogen and oxygen atoms in total. The number of fused-ring (bicyclic) bond motifs is 5. The maximum atomic E-state index is 12.4. The number of hydrogen-bond donors (Lipinski definition) is 1. The number of Topliss-reactive ketones (excluding diaryl/α,β-unsaturated/α-hetero) is 1. The standard InChI is InChI=1S/C19H28O5S/c1-18-9-7-13(24-25(21,22)23)11-12(18)3-4-14-15-5-6-17(20)19(15,2)10-8-16(14)18/h3,13-16H,4-11H2,1-2H3,(H,21,22,23)/t13?,14-,15-,16-,18-,19-/m0/s1. The Bertz CT molecular complexity index is 726. The lowest BCUT2D eigenvalue weighted by molar-refractivity contribution is -0.131. The quantitative estimate of drug-likeness (QED) is 0.594. The highest BCUT2D eigenvalue weighted by Crippen LogP contribution is 2.64. The minimum Gasteiger partial charge on any atom is -0.299 e. The first kappa shape index (κ1) is 17.7. The van der Waals surface area contributed by atoms with Crippen molar-refractivity contribution in [3.05, 3.63) is 11.6 Å². The number of rotatable bonds is 2. The van der Waals surface area contributed by atoms with Gasteiger partial charge in [-0.1, -0.05) is 25.5 Å². The van der Waals surface area contributed by atoms with Gasteiger partial charge in [0.05, 0.1) is 6.10 Å². The fourth-order valence-electron chi connectivity index (χ4n) is 6.65. The minimum atomic E-state index is -4.40. The van der Waals surface area contributed by atoms with E-state index in [4.69, 9.17) is 8.74 Å². The second-order valence-corrected chi connectivity index (χ2v) is 10.1. The number of hydrogen-bond acceptors (Lipinski definition) is 4. The summed E-state index contributed by atoms with van der Waals surface area (Å²) < 4.78 is 35.9. The van der Waals surface area contributed by atoms with Crippen molar-refractivity contribution in [2.45, 2.75) is 71.3 Å². The van der Waals surface area contributed by atoms with Crippen molar-refractivity contribution in [1.82, 2.24) is 0 Å². The molecule has 0 amide bonds. The molecule has 0 radical (unpaired) electrons. The molecular weight excluding hydrogens is 340 g/mol. The van der Waals surface area contributed by atoms with Crippen LogP contribution in [0.2, 0.25) is 0 Å². The predicted octanol–water partition coefficient (Wildman–Crippen LogP) is 3.71. The summed E-state index contributed by atoms with van der Waals surface area (Å²) in [6, 6.07) is 0. The summed E-state index contributed by atoms with van der Waals surface area (Å²) in [4.78, 5) is 12.4. The van der Waals surface area contributed by atoms with Crippen LogP contribution in [-0.4, -0.2) is 24.9 Å². The van der Waals surface area contributed by atoms with Crippen LogP contribution in [-0.2, 0) is 19.4 Å². The summed E-state index contributed by atoms with van der Waals surface area (Å²) >= 11 is 0. The molecule has 3 fully saturated rings. The number of ketones is 1. The molecule has 6 atom stereocenters. The first-order chi connectivity index (χ1) is 11.6. The minimum absolute atomic E-state index is 0.0783.